The normalized spacial score (nSPS) is 12.1. The van der Waals surface area contributed by atoms with Crippen molar-refractivity contribution in [2.24, 2.45) is 0 Å². The van der Waals surface area contributed by atoms with Crippen LogP contribution in [0, 0.1) is 0 Å². The highest BCUT2D eigenvalue weighted by Crippen LogP contribution is 2.16. The molecule has 0 saturated carbocycles. The minimum atomic E-state index is -1.32. The summed E-state index contributed by atoms with van der Waals surface area (Å²) >= 11 is 3.27. The molecule has 5 nitrogen and oxygen atoms in total. The van der Waals surface area contributed by atoms with Crippen LogP contribution in [-0.4, -0.2) is 21.5 Å². The fraction of sp³-hybridized carbons (Fsp3) is 0.154. The van der Waals surface area contributed by atoms with Crippen LogP contribution in [0.25, 0.3) is 0 Å². The molecular weight excluding hydrogens is 312 g/mol. The molecule has 0 spiro atoms. The molecule has 2 aromatic rings. The summed E-state index contributed by atoms with van der Waals surface area (Å²) in [5.41, 5.74) is 0.460. The Morgan fingerprint density at radius 2 is 2.00 bits per heavy atom. The van der Waals surface area contributed by atoms with E-state index in [1.54, 1.807) is 30.3 Å². The van der Waals surface area contributed by atoms with E-state index in [2.05, 4.69) is 21.0 Å². The van der Waals surface area contributed by atoms with Gasteiger partial charge in [0.25, 0.3) is 0 Å². The van der Waals surface area contributed by atoms with Crippen molar-refractivity contribution in [2.45, 2.75) is 12.5 Å². The van der Waals surface area contributed by atoms with Crippen molar-refractivity contribution in [1.82, 2.24) is 9.78 Å². The Hall–Kier alpha value is -1.95. The van der Waals surface area contributed by atoms with Crippen molar-refractivity contribution in [3.8, 4) is 0 Å². The second kappa shape index (κ2) is 5.79. The van der Waals surface area contributed by atoms with E-state index >= 15 is 0 Å². The van der Waals surface area contributed by atoms with Crippen LogP contribution in [0.4, 0.5) is 0 Å². The van der Waals surface area contributed by atoms with Gasteiger partial charge in [-0.1, -0.05) is 28.1 Å². The van der Waals surface area contributed by atoms with Crippen LogP contribution in [0.15, 0.2) is 47.2 Å². The minimum Gasteiger partial charge on any atom is -0.548 e. The molecule has 0 saturated heterocycles. The number of carboxylic acids is 1. The van der Waals surface area contributed by atoms with E-state index in [-0.39, 0.29) is 12.2 Å². The van der Waals surface area contributed by atoms with Crippen molar-refractivity contribution in [2.75, 3.05) is 0 Å². The molecular formula is C13H10BrN2O3-. The maximum absolute atomic E-state index is 12.0. The van der Waals surface area contributed by atoms with Crippen LogP contribution in [0.1, 0.15) is 22.8 Å². The number of carbonyl (C=O) groups is 2. The number of carboxylic acid groups (broad SMARTS) is 1. The highest BCUT2D eigenvalue weighted by atomic mass is 79.9. The molecule has 98 valence electrons. The third-order valence-corrected chi connectivity index (χ3v) is 3.19. The standard InChI is InChI=1S/C13H11BrN2O3/c14-10-4-2-9(3-5-10)12(17)8-11(13(18)19)16-7-1-6-15-16/h1-7,11H,8H2,(H,18,19)/p-1/t11-/m1/s1. The lowest BCUT2D eigenvalue weighted by molar-refractivity contribution is -0.310. The Morgan fingerprint density at radius 1 is 1.32 bits per heavy atom. The summed E-state index contributed by atoms with van der Waals surface area (Å²) in [7, 11) is 0. The van der Waals surface area contributed by atoms with Gasteiger partial charge in [-0.05, 0) is 18.2 Å². The molecule has 0 N–H and O–H groups in total. The Morgan fingerprint density at radius 3 is 2.53 bits per heavy atom. The third-order valence-electron chi connectivity index (χ3n) is 2.66. The van der Waals surface area contributed by atoms with Crippen LogP contribution in [0.3, 0.4) is 0 Å². The van der Waals surface area contributed by atoms with Gasteiger partial charge in [-0.2, -0.15) is 5.10 Å². The number of halogens is 1. The molecule has 1 aromatic heterocycles. The average Bonchev–Trinajstić information content (AvgIpc) is 2.89. The van der Waals surface area contributed by atoms with Crippen LogP contribution in [0.2, 0.25) is 0 Å². The fourth-order valence-electron chi connectivity index (χ4n) is 1.68. The number of benzene rings is 1. The number of ketones is 1. The Labute approximate surface area is 118 Å². The summed E-state index contributed by atoms with van der Waals surface area (Å²) in [5.74, 6) is -1.59. The third kappa shape index (κ3) is 3.29. The van der Waals surface area contributed by atoms with Gasteiger partial charge in [-0.3, -0.25) is 9.48 Å². The smallest absolute Gasteiger partial charge is 0.165 e. The molecule has 0 amide bonds. The molecule has 0 radical (unpaired) electrons. The summed E-state index contributed by atoms with van der Waals surface area (Å²) in [6.07, 6.45) is 2.76. The molecule has 0 aliphatic carbocycles. The quantitative estimate of drug-likeness (QED) is 0.776. The largest absolute Gasteiger partial charge is 0.548 e. The SMILES string of the molecule is O=C(C[C@H](C(=O)[O-])n1cccn1)c1ccc(Br)cc1. The molecule has 0 bridgehead atoms. The Kier molecular flexibility index (Phi) is 4.11. The lowest BCUT2D eigenvalue weighted by Gasteiger charge is -2.17. The Bertz CT molecular complexity index is 578. The maximum Gasteiger partial charge on any atom is 0.165 e. The van der Waals surface area contributed by atoms with Crippen LogP contribution >= 0.6 is 15.9 Å². The average molecular weight is 322 g/mol. The van der Waals surface area contributed by atoms with Crippen molar-refractivity contribution in [3.05, 3.63) is 52.8 Å². The number of nitrogens with zero attached hydrogens (tertiary/aromatic N) is 2. The molecule has 1 aromatic carbocycles. The molecule has 1 heterocycles. The van der Waals surface area contributed by atoms with Gasteiger partial charge >= 0.3 is 0 Å². The molecule has 0 aliphatic heterocycles. The summed E-state index contributed by atoms with van der Waals surface area (Å²) in [4.78, 5) is 23.1. The van der Waals surface area contributed by atoms with Crippen molar-refractivity contribution in [1.29, 1.82) is 0 Å². The first-order valence-corrected chi connectivity index (χ1v) is 6.36. The molecule has 0 aliphatic rings. The second-order valence-corrected chi connectivity index (χ2v) is 4.87. The summed E-state index contributed by atoms with van der Waals surface area (Å²) < 4.78 is 2.07. The summed E-state index contributed by atoms with van der Waals surface area (Å²) in [6.45, 7) is 0. The number of hydrogen-bond donors (Lipinski definition) is 0. The Balaban J connectivity index is 2.16. The lowest BCUT2D eigenvalue weighted by atomic mass is 10.0. The molecule has 2 rings (SSSR count). The van der Waals surface area contributed by atoms with E-state index in [1.165, 1.54) is 17.1 Å². The summed E-state index contributed by atoms with van der Waals surface area (Å²) in [5, 5.41) is 14.9. The zero-order chi connectivity index (χ0) is 13.8. The van der Waals surface area contributed by atoms with E-state index in [1.807, 2.05) is 0 Å². The molecule has 19 heavy (non-hydrogen) atoms. The van der Waals surface area contributed by atoms with Crippen molar-refractivity contribution >= 4 is 27.7 Å². The van der Waals surface area contributed by atoms with E-state index in [4.69, 9.17) is 0 Å². The molecule has 1 atom stereocenters. The predicted octanol–water partition coefficient (Wildman–Crippen LogP) is 1.21. The van der Waals surface area contributed by atoms with E-state index < -0.39 is 12.0 Å². The van der Waals surface area contributed by atoms with Crippen molar-refractivity contribution < 1.29 is 14.7 Å². The van der Waals surface area contributed by atoms with Crippen LogP contribution < -0.4 is 5.11 Å². The number of rotatable bonds is 5. The first-order chi connectivity index (χ1) is 9.08. The lowest BCUT2D eigenvalue weighted by Crippen LogP contribution is -2.35. The first kappa shape index (κ1) is 13.5. The number of aromatic nitrogens is 2. The maximum atomic E-state index is 12.0. The van der Waals surface area contributed by atoms with E-state index in [0.717, 1.165) is 4.47 Å². The zero-order valence-electron chi connectivity index (χ0n) is 9.82. The predicted molar refractivity (Wildman–Crippen MR) is 69.4 cm³/mol. The minimum absolute atomic E-state index is 0.189. The molecule has 0 fully saturated rings. The van der Waals surface area contributed by atoms with Gasteiger partial charge in [0.2, 0.25) is 0 Å². The van der Waals surface area contributed by atoms with E-state index in [9.17, 15) is 14.7 Å². The highest BCUT2D eigenvalue weighted by molar-refractivity contribution is 9.10. The first-order valence-electron chi connectivity index (χ1n) is 5.56. The highest BCUT2D eigenvalue weighted by Gasteiger charge is 2.18. The van der Waals surface area contributed by atoms with Crippen LogP contribution in [-0.2, 0) is 4.79 Å². The van der Waals surface area contributed by atoms with Gasteiger partial charge in [-0.15, -0.1) is 0 Å². The fourth-order valence-corrected chi connectivity index (χ4v) is 1.94. The van der Waals surface area contributed by atoms with Gasteiger partial charge in [0.15, 0.2) is 5.78 Å². The van der Waals surface area contributed by atoms with E-state index in [0.29, 0.717) is 5.56 Å². The monoisotopic (exact) mass is 321 g/mol. The van der Waals surface area contributed by atoms with Crippen LogP contribution in [0.5, 0.6) is 0 Å². The number of Topliss-reactive ketones (excluding diaryl/α,β-unsaturated/α-hetero) is 1. The molecule has 6 heteroatoms. The topological polar surface area (TPSA) is 75.0 Å². The molecule has 0 unspecified atom stereocenters. The van der Waals surface area contributed by atoms with Gasteiger partial charge < -0.3 is 9.90 Å². The number of carbonyl (C=O) groups excluding carboxylic acids is 2. The van der Waals surface area contributed by atoms with Gasteiger partial charge in [0.05, 0.1) is 12.0 Å². The second-order valence-electron chi connectivity index (χ2n) is 3.96. The van der Waals surface area contributed by atoms with Crippen molar-refractivity contribution in [3.63, 3.8) is 0 Å². The number of aliphatic carboxylic acids is 1. The van der Waals surface area contributed by atoms with Gasteiger partial charge in [0, 0.05) is 28.9 Å². The zero-order valence-corrected chi connectivity index (χ0v) is 11.4. The summed E-state index contributed by atoms with van der Waals surface area (Å²) in [6, 6.07) is 7.25. The van der Waals surface area contributed by atoms with Gasteiger partial charge in [0.1, 0.15) is 0 Å². The van der Waals surface area contributed by atoms with Gasteiger partial charge in [-0.25, -0.2) is 0 Å². The number of hydrogen-bond acceptors (Lipinski definition) is 4.